The van der Waals surface area contributed by atoms with Gasteiger partial charge in [0.2, 0.25) is 5.91 Å². The van der Waals surface area contributed by atoms with Crippen LogP contribution < -0.4 is 10.2 Å². The van der Waals surface area contributed by atoms with Gasteiger partial charge < -0.3 is 15.1 Å². The first-order chi connectivity index (χ1) is 13.9. The first-order valence-corrected chi connectivity index (χ1v) is 10.3. The van der Waals surface area contributed by atoms with Gasteiger partial charge in [0.15, 0.2) is 0 Å². The highest BCUT2D eigenvalue weighted by atomic mass is 35.5. The van der Waals surface area contributed by atoms with Crippen LogP contribution in [0.1, 0.15) is 25.3 Å². The van der Waals surface area contributed by atoms with Crippen LogP contribution in [0.4, 0.5) is 10.5 Å². The van der Waals surface area contributed by atoms with Gasteiger partial charge >= 0.3 is 6.03 Å². The average Bonchev–Trinajstić information content (AvgIpc) is 3.40. The van der Waals surface area contributed by atoms with Crippen LogP contribution in [0.3, 0.4) is 0 Å². The minimum Gasteiger partial charge on any atom is -0.322 e. The van der Waals surface area contributed by atoms with E-state index >= 15 is 0 Å². The lowest BCUT2D eigenvalue weighted by Gasteiger charge is -2.19. The minimum atomic E-state index is -0.119. The third-order valence-corrected chi connectivity index (χ3v) is 6.37. The number of anilines is 1. The van der Waals surface area contributed by atoms with Crippen LogP contribution in [0.15, 0.2) is 36.7 Å². The molecule has 2 amide bonds. The number of benzene rings is 1. The summed E-state index contributed by atoms with van der Waals surface area (Å²) in [5.41, 5.74) is 1.81. The number of aromatic nitrogens is 2. The van der Waals surface area contributed by atoms with Gasteiger partial charge in [-0.15, -0.1) is 0 Å². The van der Waals surface area contributed by atoms with Crippen molar-refractivity contribution < 1.29 is 9.59 Å². The Kier molecular flexibility index (Phi) is 5.61. The molecule has 4 rings (SSSR count). The molecule has 1 saturated carbocycles. The quantitative estimate of drug-likeness (QED) is 0.833. The highest BCUT2D eigenvalue weighted by molar-refractivity contribution is 6.30. The molecular weight excluding hydrogens is 390 g/mol. The molecule has 154 valence electrons. The zero-order chi connectivity index (χ0) is 20.5. The zero-order valence-corrected chi connectivity index (χ0v) is 17.5. The van der Waals surface area contributed by atoms with Gasteiger partial charge in [0.1, 0.15) is 0 Å². The fraction of sp³-hybridized carbons (Fsp3) is 0.476. The van der Waals surface area contributed by atoms with Crippen LogP contribution in [0.5, 0.6) is 0 Å². The Morgan fingerprint density at radius 3 is 2.66 bits per heavy atom. The van der Waals surface area contributed by atoms with E-state index in [1.165, 1.54) is 22.1 Å². The van der Waals surface area contributed by atoms with Crippen molar-refractivity contribution in [2.24, 2.45) is 11.8 Å². The van der Waals surface area contributed by atoms with Crippen LogP contribution in [-0.4, -0.2) is 52.8 Å². The number of carbonyl (C=O) groups is 2. The Morgan fingerprint density at radius 2 is 2.00 bits per heavy atom. The highest BCUT2D eigenvalue weighted by Gasteiger charge is 2.42. The lowest BCUT2D eigenvalue weighted by molar-refractivity contribution is -0.116. The fourth-order valence-electron chi connectivity index (χ4n) is 4.45. The Bertz CT molecular complexity index is 900. The van der Waals surface area contributed by atoms with E-state index < -0.39 is 0 Å². The molecule has 2 fully saturated rings. The molecule has 0 spiro atoms. The van der Waals surface area contributed by atoms with E-state index in [9.17, 15) is 9.59 Å². The molecule has 0 unspecified atom stereocenters. The molecule has 1 saturated heterocycles. The minimum absolute atomic E-state index is 0.0935. The third kappa shape index (κ3) is 4.31. The van der Waals surface area contributed by atoms with Crippen LogP contribution in [0.25, 0.3) is 0 Å². The molecule has 1 aliphatic heterocycles. The summed E-state index contributed by atoms with van der Waals surface area (Å²) in [6, 6.07) is 8.29. The molecule has 1 aromatic heterocycles. The van der Waals surface area contributed by atoms with Gasteiger partial charge in [-0.05, 0) is 42.4 Å². The first kappa shape index (κ1) is 19.9. The summed E-state index contributed by atoms with van der Waals surface area (Å²) >= 11 is 6.06. The van der Waals surface area contributed by atoms with E-state index in [0.29, 0.717) is 23.6 Å². The number of rotatable bonds is 4. The summed E-state index contributed by atoms with van der Waals surface area (Å²) in [6.07, 6.45) is 5.32. The summed E-state index contributed by atoms with van der Waals surface area (Å²) in [5, 5.41) is 8.55. The second kappa shape index (κ2) is 8.16. The normalized spacial score (nSPS) is 23.3. The van der Waals surface area contributed by atoms with Crippen molar-refractivity contribution in [2.45, 2.75) is 32.4 Å². The summed E-state index contributed by atoms with van der Waals surface area (Å²) in [5.74, 6) is 0.945. The van der Waals surface area contributed by atoms with E-state index in [-0.39, 0.29) is 11.9 Å². The van der Waals surface area contributed by atoms with Crippen LogP contribution in [-0.2, 0) is 11.3 Å². The lowest BCUT2D eigenvalue weighted by atomic mass is 10.0. The molecule has 7 nitrogen and oxygen atoms in total. The van der Waals surface area contributed by atoms with Crippen molar-refractivity contribution in [3.8, 4) is 0 Å². The number of hydrogen-bond donors (Lipinski definition) is 1. The predicted octanol–water partition coefficient (Wildman–Crippen LogP) is 2.99. The van der Waals surface area contributed by atoms with Gasteiger partial charge in [-0.1, -0.05) is 23.7 Å². The van der Waals surface area contributed by atoms with Gasteiger partial charge in [-0.2, -0.15) is 9.78 Å². The number of amides is 2. The second-order valence-corrected chi connectivity index (χ2v) is 8.54. The molecule has 0 bridgehead atoms. The highest BCUT2D eigenvalue weighted by Crippen LogP contribution is 2.38. The second-order valence-electron chi connectivity index (χ2n) is 8.11. The Hall–Kier alpha value is -2.38. The number of fused-ring (bicyclic) bond motifs is 1. The number of halogens is 1. The molecule has 2 aromatic rings. The molecule has 2 aliphatic rings. The van der Waals surface area contributed by atoms with Gasteiger partial charge in [0, 0.05) is 44.7 Å². The fourth-order valence-corrected chi connectivity index (χ4v) is 4.66. The van der Waals surface area contributed by atoms with E-state index in [1.807, 2.05) is 23.1 Å². The molecule has 1 aliphatic carbocycles. The molecule has 8 heteroatoms. The van der Waals surface area contributed by atoms with Gasteiger partial charge in [-0.3, -0.25) is 4.79 Å². The van der Waals surface area contributed by atoms with Crippen molar-refractivity contribution in [3.05, 3.63) is 47.2 Å². The molecule has 29 heavy (non-hydrogen) atoms. The van der Waals surface area contributed by atoms with Crippen LogP contribution >= 0.6 is 11.6 Å². The van der Waals surface area contributed by atoms with Crippen LogP contribution in [0.2, 0.25) is 5.02 Å². The standard InChI is InChI=1S/C21H26ClN5O2/c1-14(28)25(2)20-10-24-27(13-20)21(29)26-11-16-7-19(8-17(16)12-26)23-9-15-4-3-5-18(22)6-15/h3-6,10,13,16-17,19,23H,7-9,11-12H2,1-2H3/t16-,17+,19+. The molecule has 0 radical (unpaired) electrons. The smallest absolute Gasteiger partial charge is 0.322 e. The molecule has 1 N–H and O–H groups in total. The van der Waals surface area contributed by atoms with Gasteiger partial charge in [0.25, 0.3) is 0 Å². The van der Waals surface area contributed by atoms with Gasteiger partial charge in [0.05, 0.1) is 18.1 Å². The summed E-state index contributed by atoms with van der Waals surface area (Å²) in [6.45, 7) is 3.82. The lowest BCUT2D eigenvalue weighted by Crippen LogP contribution is -2.35. The number of nitrogens with one attached hydrogen (secondary N) is 1. The number of hydrogen-bond acceptors (Lipinski definition) is 4. The maximum absolute atomic E-state index is 12.8. The van der Waals surface area contributed by atoms with E-state index in [4.69, 9.17) is 11.6 Å². The maximum atomic E-state index is 12.8. The summed E-state index contributed by atoms with van der Waals surface area (Å²) in [4.78, 5) is 27.6. The maximum Gasteiger partial charge on any atom is 0.344 e. The van der Waals surface area contributed by atoms with Crippen molar-refractivity contribution in [3.63, 3.8) is 0 Å². The van der Waals surface area contributed by atoms with Crippen molar-refractivity contribution in [2.75, 3.05) is 25.0 Å². The monoisotopic (exact) mass is 415 g/mol. The summed E-state index contributed by atoms with van der Waals surface area (Å²) in [7, 11) is 1.67. The number of carbonyl (C=O) groups excluding carboxylic acids is 2. The van der Waals surface area contributed by atoms with Crippen molar-refractivity contribution in [1.29, 1.82) is 0 Å². The molecule has 3 atom stereocenters. The van der Waals surface area contributed by atoms with Crippen molar-refractivity contribution >= 4 is 29.2 Å². The molecular formula is C21H26ClN5O2. The Labute approximate surface area is 175 Å². The van der Waals surface area contributed by atoms with E-state index in [1.54, 1.807) is 19.4 Å². The van der Waals surface area contributed by atoms with E-state index in [0.717, 1.165) is 37.5 Å². The summed E-state index contributed by atoms with van der Waals surface area (Å²) < 4.78 is 1.34. The zero-order valence-electron chi connectivity index (χ0n) is 16.7. The van der Waals surface area contributed by atoms with Crippen molar-refractivity contribution in [1.82, 2.24) is 20.0 Å². The predicted molar refractivity (Wildman–Crippen MR) is 112 cm³/mol. The van der Waals surface area contributed by atoms with E-state index in [2.05, 4.69) is 16.5 Å². The van der Waals surface area contributed by atoms with Gasteiger partial charge in [-0.25, -0.2) is 4.79 Å². The first-order valence-electron chi connectivity index (χ1n) is 9.97. The third-order valence-electron chi connectivity index (χ3n) is 6.13. The number of likely N-dealkylation sites (tertiary alicyclic amines) is 1. The largest absolute Gasteiger partial charge is 0.344 e. The Balaban J connectivity index is 1.30. The molecule has 2 heterocycles. The topological polar surface area (TPSA) is 70.5 Å². The Morgan fingerprint density at radius 1 is 1.28 bits per heavy atom. The average molecular weight is 416 g/mol. The number of nitrogens with zero attached hydrogens (tertiary/aromatic N) is 4. The molecule has 1 aromatic carbocycles. The SMILES string of the molecule is CC(=O)N(C)c1cnn(C(=O)N2C[C@H]3C[C@H](NCc4cccc(Cl)c4)C[C@H]3C2)c1. The van der Waals surface area contributed by atoms with Crippen LogP contribution in [0, 0.1) is 11.8 Å².